The van der Waals surface area contributed by atoms with Crippen molar-refractivity contribution in [1.82, 2.24) is 0 Å². The minimum atomic E-state index is 0.400. The Balaban J connectivity index is 1.92. The van der Waals surface area contributed by atoms with E-state index in [4.69, 9.17) is 9.47 Å². The van der Waals surface area contributed by atoms with Gasteiger partial charge in [0.05, 0.1) is 12.2 Å². The van der Waals surface area contributed by atoms with Crippen LogP contribution in [0.1, 0.15) is 26.2 Å². The van der Waals surface area contributed by atoms with Gasteiger partial charge in [0.1, 0.15) is 0 Å². The second kappa shape index (κ2) is 3.11. The molecule has 0 amide bonds. The summed E-state index contributed by atoms with van der Waals surface area (Å²) in [5.41, 5.74) is 0. The minimum absolute atomic E-state index is 0.400. The number of ether oxygens (including phenoxy) is 2. The van der Waals surface area contributed by atoms with Gasteiger partial charge in [-0.1, -0.05) is 6.92 Å². The van der Waals surface area contributed by atoms with Gasteiger partial charge in [-0.25, -0.2) is 0 Å². The highest BCUT2D eigenvalue weighted by atomic mass is 16.5. The molecule has 2 heteroatoms. The first-order chi connectivity index (χ1) is 5.38. The summed E-state index contributed by atoms with van der Waals surface area (Å²) in [7, 11) is 0. The second-order valence-electron chi connectivity index (χ2n) is 3.65. The highest BCUT2D eigenvalue weighted by Crippen LogP contribution is 2.29. The molecular formula is C9H16O2. The van der Waals surface area contributed by atoms with Crippen LogP contribution in [0.3, 0.4) is 0 Å². The molecule has 2 aliphatic rings. The number of hydrogen-bond donors (Lipinski definition) is 0. The van der Waals surface area contributed by atoms with Crippen LogP contribution >= 0.6 is 0 Å². The Kier molecular flexibility index (Phi) is 2.14. The quantitative estimate of drug-likeness (QED) is 0.574. The molecule has 2 heterocycles. The molecule has 11 heavy (non-hydrogen) atoms. The standard InChI is InChI=1S/C9H16O2/c1-7-4-6-11-9(7)8-3-2-5-10-8/h7-9H,2-6H2,1H3. The molecule has 0 radical (unpaired) electrons. The highest BCUT2D eigenvalue weighted by Gasteiger charge is 2.34. The summed E-state index contributed by atoms with van der Waals surface area (Å²) in [5, 5.41) is 0. The van der Waals surface area contributed by atoms with E-state index in [0.717, 1.165) is 13.2 Å². The van der Waals surface area contributed by atoms with Crippen molar-refractivity contribution in [2.75, 3.05) is 13.2 Å². The van der Waals surface area contributed by atoms with Crippen LogP contribution in [0, 0.1) is 5.92 Å². The van der Waals surface area contributed by atoms with Gasteiger partial charge >= 0.3 is 0 Å². The van der Waals surface area contributed by atoms with E-state index in [1.165, 1.54) is 19.3 Å². The molecule has 2 fully saturated rings. The predicted molar refractivity (Wildman–Crippen MR) is 42.5 cm³/mol. The maximum atomic E-state index is 5.62. The normalized spacial score (nSPS) is 45.0. The third-order valence-electron chi connectivity index (χ3n) is 2.78. The molecule has 2 nitrogen and oxygen atoms in total. The molecule has 0 spiro atoms. The van der Waals surface area contributed by atoms with Crippen molar-refractivity contribution in [2.24, 2.45) is 5.92 Å². The lowest BCUT2D eigenvalue weighted by Crippen LogP contribution is -2.29. The molecule has 0 aromatic rings. The fourth-order valence-corrected chi connectivity index (χ4v) is 2.05. The van der Waals surface area contributed by atoms with Crippen molar-refractivity contribution in [1.29, 1.82) is 0 Å². The molecule has 3 atom stereocenters. The minimum Gasteiger partial charge on any atom is -0.376 e. The molecule has 0 bridgehead atoms. The van der Waals surface area contributed by atoms with E-state index in [1.807, 2.05) is 0 Å². The van der Waals surface area contributed by atoms with Gasteiger partial charge in [0, 0.05) is 13.2 Å². The third-order valence-corrected chi connectivity index (χ3v) is 2.78. The van der Waals surface area contributed by atoms with Gasteiger partial charge in [-0.2, -0.15) is 0 Å². The van der Waals surface area contributed by atoms with Gasteiger partial charge < -0.3 is 9.47 Å². The van der Waals surface area contributed by atoms with Gasteiger partial charge in [0.2, 0.25) is 0 Å². The van der Waals surface area contributed by atoms with E-state index in [2.05, 4.69) is 6.92 Å². The zero-order valence-electron chi connectivity index (χ0n) is 7.08. The molecule has 2 saturated heterocycles. The molecule has 0 aliphatic carbocycles. The smallest absolute Gasteiger partial charge is 0.0862 e. The zero-order valence-corrected chi connectivity index (χ0v) is 7.08. The maximum absolute atomic E-state index is 5.62. The van der Waals surface area contributed by atoms with Crippen molar-refractivity contribution >= 4 is 0 Å². The first-order valence-electron chi connectivity index (χ1n) is 4.61. The Morgan fingerprint density at radius 2 is 2.00 bits per heavy atom. The lowest BCUT2D eigenvalue weighted by Gasteiger charge is -2.20. The van der Waals surface area contributed by atoms with Gasteiger partial charge in [0.15, 0.2) is 0 Å². The molecule has 0 N–H and O–H groups in total. The summed E-state index contributed by atoms with van der Waals surface area (Å²) < 4.78 is 11.2. The van der Waals surface area contributed by atoms with Crippen LogP contribution in [-0.2, 0) is 9.47 Å². The zero-order chi connectivity index (χ0) is 7.68. The van der Waals surface area contributed by atoms with E-state index in [0.29, 0.717) is 18.1 Å². The Bertz CT molecular complexity index is 130. The number of rotatable bonds is 1. The van der Waals surface area contributed by atoms with Gasteiger partial charge in [-0.3, -0.25) is 0 Å². The Morgan fingerprint density at radius 3 is 2.55 bits per heavy atom. The molecule has 3 unspecified atom stereocenters. The largest absolute Gasteiger partial charge is 0.376 e. The molecule has 2 rings (SSSR count). The molecular weight excluding hydrogens is 140 g/mol. The van der Waals surface area contributed by atoms with Crippen LogP contribution < -0.4 is 0 Å². The monoisotopic (exact) mass is 156 g/mol. The molecule has 0 aromatic carbocycles. The van der Waals surface area contributed by atoms with E-state index < -0.39 is 0 Å². The first kappa shape index (κ1) is 7.56. The molecule has 0 aromatic heterocycles. The fourth-order valence-electron chi connectivity index (χ4n) is 2.05. The lowest BCUT2D eigenvalue weighted by molar-refractivity contribution is -0.0305. The number of hydrogen-bond acceptors (Lipinski definition) is 2. The van der Waals surface area contributed by atoms with Crippen LogP contribution in [0.15, 0.2) is 0 Å². The summed E-state index contributed by atoms with van der Waals surface area (Å²) in [6, 6.07) is 0. The van der Waals surface area contributed by atoms with Crippen LogP contribution in [0.25, 0.3) is 0 Å². The topological polar surface area (TPSA) is 18.5 Å². The van der Waals surface area contributed by atoms with Gasteiger partial charge in [-0.15, -0.1) is 0 Å². The Hall–Kier alpha value is -0.0800. The Morgan fingerprint density at radius 1 is 1.09 bits per heavy atom. The van der Waals surface area contributed by atoms with Crippen LogP contribution in [0.5, 0.6) is 0 Å². The average molecular weight is 156 g/mol. The van der Waals surface area contributed by atoms with E-state index >= 15 is 0 Å². The SMILES string of the molecule is CC1CCOC1C1CCCO1. The average Bonchev–Trinajstić information content (AvgIpc) is 2.55. The van der Waals surface area contributed by atoms with E-state index in [-0.39, 0.29) is 0 Å². The summed E-state index contributed by atoms with van der Waals surface area (Å²) in [4.78, 5) is 0. The molecule has 64 valence electrons. The van der Waals surface area contributed by atoms with E-state index in [9.17, 15) is 0 Å². The van der Waals surface area contributed by atoms with Crippen molar-refractivity contribution in [3.63, 3.8) is 0 Å². The highest BCUT2D eigenvalue weighted by molar-refractivity contribution is 4.82. The van der Waals surface area contributed by atoms with Gasteiger partial charge in [-0.05, 0) is 25.2 Å². The predicted octanol–water partition coefficient (Wildman–Crippen LogP) is 1.59. The first-order valence-corrected chi connectivity index (χ1v) is 4.61. The third kappa shape index (κ3) is 1.42. The van der Waals surface area contributed by atoms with Gasteiger partial charge in [0.25, 0.3) is 0 Å². The lowest BCUT2D eigenvalue weighted by atomic mass is 9.98. The van der Waals surface area contributed by atoms with Crippen molar-refractivity contribution in [3.05, 3.63) is 0 Å². The van der Waals surface area contributed by atoms with Crippen molar-refractivity contribution in [2.45, 2.75) is 38.4 Å². The van der Waals surface area contributed by atoms with E-state index in [1.54, 1.807) is 0 Å². The summed E-state index contributed by atoms with van der Waals surface area (Å²) >= 11 is 0. The second-order valence-corrected chi connectivity index (χ2v) is 3.65. The Labute approximate surface area is 67.9 Å². The maximum Gasteiger partial charge on any atom is 0.0862 e. The van der Waals surface area contributed by atoms with Crippen molar-refractivity contribution < 1.29 is 9.47 Å². The molecule has 2 aliphatic heterocycles. The summed E-state index contributed by atoms with van der Waals surface area (Å²) in [6.07, 6.45) is 4.45. The van der Waals surface area contributed by atoms with Crippen LogP contribution in [-0.4, -0.2) is 25.4 Å². The van der Waals surface area contributed by atoms with Crippen LogP contribution in [0.4, 0.5) is 0 Å². The summed E-state index contributed by atoms with van der Waals surface area (Å²) in [6.45, 7) is 4.14. The fraction of sp³-hybridized carbons (Fsp3) is 1.00. The molecule has 0 saturated carbocycles. The van der Waals surface area contributed by atoms with Crippen LogP contribution in [0.2, 0.25) is 0 Å². The van der Waals surface area contributed by atoms with Crippen molar-refractivity contribution in [3.8, 4) is 0 Å². The summed E-state index contributed by atoms with van der Waals surface area (Å²) in [5.74, 6) is 0.707.